The SMILES string of the molecule is C=[13CH][S+]([O-])c1ccccc1. The van der Waals surface area contributed by atoms with E-state index >= 15 is 0 Å². The number of hydrogen-bond acceptors (Lipinski definition) is 1. The number of rotatable bonds is 2. The standard InChI is InChI=1S/C8H8OS/c1-2-10(9)8-6-4-3-5-7-8/h2-7H,1H2/i2+1. The van der Waals surface area contributed by atoms with Gasteiger partial charge in [-0.25, -0.2) is 0 Å². The molecule has 10 heavy (non-hydrogen) atoms. The van der Waals surface area contributed by atoms with Gasteiger partial charge >= 0.3 is 0 Å². The Balaban J connectivity index is 2.84. The van der Waals surface area contributed by atoms with Gasteiger partial charge in [0.25, 0.3) is 0 Å². The molecule has 0 radical (unpaired) electrons. The summed E-state index contributed by atoms with van der Waals surface area (Å²) in [6, 6.07) is 9.24. The van der Waals surface area contributed by atoms with Gasteiger partial charge in [-0.2, -0.15) is 0 Å². The topological polar surface area (TPSA) is 23.1 Å². The van der Waals surface area contributed by atoms with Crippen LogP contribution in [0.3, 0.4) is 0 Å². The predicted molar refractivity (Wildman–Crippen MR) is 43.0 cm³/mol. The van der Waals surface area contributed by atoms with Gasteiger partial charge in [0.05, 0.1) is 0 Å². The maximum absolute atomic E-state index is 11.0. The van der Waals surface area contributed by atoms with Gasteiger partial charge < -0.3 is 4.55 Å². The van der Waals surface area contributed by atoms with Crippen LogP contribution in [0.15, 0.2) is 47.2 Å². The summed E-state index contributed by atoms with van der Waals surface area (Å²) in [5.41, 5.74) is 0. The van der Waals surface area contributed by atoms with Crippen molar-refractivity contribution in [2.75, 3.05) is 0 Å². The van der Waals surface area contributed by atoms with Crippen molar-refractivity contribution in [1.29, 1.82) is 0 Å². The highest BCUT2D eigenvalue weighted by molar-refractivity contribution is 7.94. The van der Waals surface area contributed by atoms with E-state index in [1.807, 2.05) is 30.3 Å². The Kier molecular flexibility index (Phi) is 2.54. The van der Waals surface area contributed by atoms with E-state index in [2.05, 4.69) is 6.58 Å². The summed E-state index contributed by atoms with van der Waals surface area (Å²) in [5.74, 6) is 0. The van der Waals surface area contributed by atoms with Gasteiger partial charge in [-0.1, -0.05) is 24.8 Å². The second kappa shape index (κ2) is 3.44. The molecule has 1 aromatic rings. The molecule has 1 aromatic carbocycles. The third-order valence-electron chi connectivity index (χ3n) is 1.13. The Bertz CT molecular complexity index is 208. The normalized spacial score (nSPS) is 12.5. The Morgan fingerprint density at radius 2 is 1.90 bits per heavy atom. The minimum Gasteiger partial charge on any atom is -0.607 e. The lowest BCUT2D eigenvalue weighted by Gasteiger charge is -2.01. The fourth-order valence-electron chi connectivity index (χ4n) is 0.651. The van der Waals surface area contributed by atoms with Gasteiger partial charge in [0, 0.05) is 11.2 Å². The summed E-state index contributed by atoms with van der Waals surface area (Å²) in [4.78, 5) is 0.803. The van der Waals surface area contributed by atoms with Crippen LogP contribution in [-0.2, 0) is 11.2 Å². The molecule has 0 fully saturated rings. The lowest BCUT2D eigenvalue weighted by atomic mass is 10.4. The van der Waals surface area contributed by atoms with Crippen molar-refractivity contribution in [1.82, 2.24) is 0 Å². The summed E-state index contributed by atoms with van der Waals surface area (Å²) in [5, 5.41) is 1.43. The quantitative estimate of drug-likeness (QED) is 0.470. The van der Waals surface area contributed by atoms with Gasteiger partial charge in [0.15, 0.2) is 4.90 Å². The average molecular weight is 153 g/mol. The van der Waals surface area contributed by atoms with Gasteiger partial charge in [-0.3, -0.25) is 0 Å². The maximum Gasteiger partial charge on any atom is 0.157 e. The summed E-state index contributed by atoms with van der Waals surface area (Å²) in [6.45, 7) is 3.44. The van der Waals surface area contributed by atoms with Crippen molar-refractivity contribution in [3.63, 3.8) is 0 Å². The molecule has 0 saturated carbocycles. The molecule has 0 spiro atoms. The Labute approximate surface area is 63.6 Å². The minimum atomic E-state index is -1.03. The first-order chi connectivity index (χ1) is 4.84. The molecule has 0 N–H and O–H groups in total. The molecular formula is C8H8OS. The summed E-state index contributed by atoms with van der Waals surface area (Å²) < 4.78 is 11.0. The lowest BCUT2D eigenvalue weighted by molar-refractivity contribution is 0.603. The average Bonchev–Trinajstić information content (AvgIpc) is 2.05. The van der Waals surface area contributed by atoms with Crippen LogP contribution in [0.2, 0.25) is 0 Å². The zero-order valence-corrected chi connectivity index (χ0v) is 6.30. The summed E-state index contributed by atoms with van der Waals surface area (Å²) in [7, 11) is 0. The monoisotopic (exact) mass is 153 g/mol. The maximum atomic E-state index is 11.0. The van der Waals surface area contributed by atoms with Crippen molar-refractivity contribution in [3.05, 3.63) is 42.3 Å². The molecule has 0 bridgehead atoms. The van der Waals surface area contributed by atoms with Crippen LogP contribution in [0.4, 0.5) is 0 Å². The molecule has 0 amide bonds. The highest BCUT2D eigenvalue weighted by atomic mass is 32.2. The smallest absolute Gasteiger partial charge is 0.157 e. The van der Waals surface area contributed by atoms with Crippen LogP contribution in [0, 0.1) is 0 Å². The Hall–Kier alpha value is -0.730. The first-order valence-electron chi connectivity index (χ1n) is 2.93. The van der Waals surface area contributed by atoms with Gasteiger partial charge in [0.1, 0.15) is 5.41 Å². The molecule has 0 saturated heterocycles. The fourth-order valence-corrected chi connectivity index (χ4v) is 1.27. The molecule has 1 atom stereocenters. The molecule has 0 aliphatic heterocycles. The van der Waals surface area contributed by atoms with Crippen molar-refractivity contribution in [2.45, 2.75) is 4.90 Å². The zero-order valence-electron chi connectivity index (χ0n) is 5.49. The first-order valence-corrected chi connectivity index (χ1v) is 4.14. The fraction of sp³-hybridized carbons (Fsp3) is 0. The number of hydrogen-bond donors (Lipinski definition) is 0. The van der Waals surface area contributed by atoms with E-state index in [1.165, 1.54) is 5.41 Å². The third-order valence-corrected chi connectivity index (χ3v) is 2.17. The molecule has 2 heteroatoms. The largest absolute Gasteiger partial charge is 0.607 e. The van der Waals surface area contributed by atoms with E-state index in [0.29, 0.717) is 0 Å². The van der Waals surface area contributed by atoms with Gasteiger partial charge in [-0.15, -0.1) is 0 Å². The zero-order chi connectivity index (χ0) is 7.40. The van der Waals surface area contributed by atoms with Crippen molar-refractivity contribution < 1.29 is 4.55 Å². The second-order valence-electron chi connectivity index (χ2n) is 1.78. The summed E-state index contributed by atoms with van der Waals surface area (Å²) >= 11 is -1.03. The highest BCUT2D eigenvalue weighted by Crippen LogP contribution is 2.09. The lowest BCUT2D eigenvalue weighted by Crippen LogP contribution is -1.93. The van der Waals surface area contributed by atoms with E-state index in [-0.39, 0.29) is 0 Å². The van der Waals surface area contributed by atoms with Crippen molar-refractivity contribution in [2.24, 2.45) is 0 Å². The molecule has 0 aliphatic rings. The molecule has 1 rings (SSSR count). The Morgan fingerprint density at radius 1 is 1.30 bits per heavy atom. The second-order valence-corrected chi connectivity index (χ2v) is 3.18. The first kappa shape index (κ1) is 7.38. The molecule has 1 nitrogen and oxygen atoms in total. The van der Waals surface area contributed by atoms with Crippen LogP contribution >= 0.6 is 0 Å². The van der Waals surface area contributed by atoms with E-state index < -0.39 is 11.2 Å². The van der Waals surface area contributed by atoms with E-state index in [9.17, 15) is 4.55 Å². The molecule has 1 unspecified atom stereocenters. The molecular weight excluding hydrogens is 145 g/mol. The number of benzene rings is 1. The van der Waals surface area contributed by atoms with Crippen LogP contribution in [0.5, 0.6) is 0 Å². The third kappa shape index (κ3) is 1.62. The molecule has 0 aromatic heterocycles. The Morgan fingerprint density at radius 3 is 2.40 bits per heavy atom. The van der Waals surface area contributed by atoms with E-state index in [0.717, 1.165) is 4.90 Å². The van der Waals surface area contributed by atoms with Crippen LogP contribution in [-0.4, -0.2) is 4.55 Å². The van der Waals surface area contributed by atoms with Crippen molar-refractivity contribution >= 4 is 11.2 Å². The molecule has 52 valence electrons. The van der Waals surface area contributed by atoms with E-state index in [4.69, 9.17) is 0 Å². The summed E-state index contributed by atoms with van der Waals surface area (Å²) in [6.07, 6.45) is 0. The predicted octanol–water partition coefficient (Wildman–Crippen LogP) is 1.94. The molecule has 0 aliphatic carbocycles. The minimum absolute atomic E-state index is 0.803. The van der Waals surface area contributed by atoms with Crippen LogP contribution in [0.25, 0.3) is 0 Å². The van der Waals surface area contributed by atoms with Crippen molar-refractivity contribution in [3.8, 4) is 0 Å². The van der Waals surface area contributed by atoms with Gasteiger partial charge in [0.2, 0.25) is 0 Å². The molecule has 0 heterocycles. The van der Waals surface area contributed by atoms with Crippen LogP contribution in [0.1, 0.15) is 0 Å². The van der Waals surface area contributed by atoms with Crippen LogP contribution < -0.4 is 0 Å². The van der Waals surface area contributed by atoms with Gasteiger partial charge in [-0.05, 0) is 12.1 Å². The highest BCUT2D eigenvalue weighted by Gasteiger charge is 2.02. The van der Waals surface area contributed by atoms with E-state index in [1.54, 1.807) is 0 Å².